The van der Waals surface area contributed by atoms with Gasteiger partial charge in [0.2, 0.25) is 11.8 Å². The van der Waals surface area contributed by atoms with Crippen molar-refractivity contribution < 1.29 is 14.3 Å². The Balaban J connectivity index is 1.98. The predicted octanol–water partition coefficient (Wildman–Crippen LogP) is 0.686. The highest BCUT2D eigenvalue weighted by Gasteiger charge is 2.29. The van der Waals surface area contributed by atoms with Crippen LogP contribution in [0.1, 0.15) is 25.5 Å². The van der Waals surface area contributed by atoms with Gasteiger partial charge in [0.1, 0.15) is 0 Å². The molecular weight excluding hydrogens is 294 g/mol. The number of ether oxygens (including phenoxy) is 1. The minimum atomic E-state index is -0.600. The molecule has 126 valence electrons. The molecule has 1 unspecified atom stereocenters. The van der Waals surface area contributed by atoms with Gasteiger partial charge in [-0.2, -0.15) is 0 Å². The number of morpholine rings is 1. The van der Waals surface area contributed by atoms with Crippen LogP contribution in [-0.2, 0) is 14.3 Å². The van der Waals surface area contributed by atoms with Crippen molar-refractivity contribution in [2.45, 2.75) is 25.9 Å². The Hall–Kier alpha value is -1.92. The average molecular weight is 319 g/mol. The summed E-state index contributed by atoms with van der Waals surface area (Å²) in [7, 11) is 0. The van der Waals surface area contributed by atoms with Crippen LogP contribution in [-0.4, -0.2) is 49.1 Å². The summed E-state index contributed by atoms with van der Waals surface area (Å²) in [6.45, 7) is 5.20. The first-order valence-corrected chi connectivity index (χ1v) is 7.96. The lowest BCUT2D eigenvalue weighted by Crippen LogP contribution is -2.50. The van der Waals surface area contributed by atoms with Crippen molar-refractivity contribution >= 4 is 11.8 Å². The van der Waals surface area contributed by atoms with Gasteiger partial charge in [-0.1, -0.05) is 44.2 Å². The van der Waals surface area contributed by atoms with Crippen molar-refractivity contribution in [3.05, 3.63) is 35.9 Å². The molecule has 0 radical (unpaired) electrons. The highest BCUT2D eigenvalue weighted by molar-refractivity contribution is 5.87. The van der Waals surface area contributed by atoms with Gasteiger partial charge in [-0.15, -0.1) is 0 Å². The fraction of sp³-hybridized carbons (Fsp3) is 0.529. The largest absolute Gasteiger partial charge is 0.377 e. The summed E-state index contributed by atoms with van der Waals surface area (Å²) >= 11 is 0. The Morgan fingerprint density at radius 1 is 1.35 bits per heavy atom. The van der Waals surface area contributed by atoms with E-state index in [0.29, 0.717) is 19.8 Å². The number of hydrogen-bond acceptors (Lipinski definition) is 4. The number of nitrogens with zero attached hydrogens (tertiary/aromatic N) is 1. The van der Waals surface area contributed by atoms with Crippen molar-refractivity contribution in [1.29, 1.82) is 0 Å². The molecule has 0 aliphatic carbocycles. The van der Waals surface area contributed by atoms with Crippen molar-refractivity contribution in [2.75, 3.05) is 26.3 Å². The third kappa shape index (κ3) is 4.53. The van der Waals surface area contributed by atoms with Gasteiger partial charge in [-0.25, -0.2) is 0 Å². The zero-order valence-electron chi connectivity index (χ0n) is 13.7. The molecule has 0 bridgehead atoms. The number of amides is 2. The summed E-state index contributed by atoms with van der Waals surface area (Å²) in [5.74, 6) is -0.380. The summed E-state index contributed by atoms with van der Waals surface area (Å²) in [5.41, 5.74) is 6.82. The van der Waals surface area contributed by atoms with Gasteiger partial charge in [0.05, 0.1) is 31.8 Å². The maximum Gasteiger partial charge on any atom is 0.242 e. The van der Waals surface area contributed by atoms with Crippen molar-refractivity contribution in [3.63, 3.8) is 0 Å². The minimum absolute atomic E-state index is 0.0329. The molecule has 1 aromatic carbocycles. The zero-order chi connectivity index (χ0) is 16.8. The second-order valence-electron chi connectivity index (χ2n) is 6.08. The van der Waals surface area contributed by atoms with E-state index in [1.165, 1.54) is 0 Å². The predicted molar refractivity (Wildman–Crippen MR) is 87.5 cm³/mol. The second kappa shape index (κ2) is 8.08. The molecule has 2 amide bonds. The Labute approximate surface area is 137 Å². The lowest BCUT2D eigenvalue weighted by molar-refractivity contribution is -0.140. The summed E-state index contributed by atoms with van der Waals surface area (Å²) in [6, 6.07) is 9.06. The van der Waals surface area contributed by atoms with E-state index < -0.39 is 6.04 Å². The van der Waals surface area contributed by atoms with Gasteiger partial charge in [0.25, 0.3) is 0 Å². The Kier molecular flexibility index (Phi) is 6.12. The first-order valence-electron chi connectivity index (χ1n) is 7.96. The van der Waals surface area contributed by atoms with Crippen LogP contribution in [0.15, 0.2) is 30.3 Å². The first-order chi connectivity index (χ1) is 11.0. The lowest BCUT2D eigenvalue weighted by atomic mass is 10.0. The monoisotopic (exact) mass is 319 g/mol. The average Bonchev–Trinajstić information content (AvgIpc) is 2.59. The van der Waals surface area contributed by atoms with Gasteiger partial charge in [-0.3, -0.25) is 9.59 Å². The number of hydrogen-bond donors (Lipinski definition) is 2. The Morgan fingerprint density at radius 3 is 2.70 bits per heavy atom. The van der Waals surface area contributed by atoms with E-state index in [9.17, 15) is 9.59 Å². The molecule has 0 aromatic heterocycles. The van der Waals surface area contributed by atoms with Crippen LogP contribution in [0.25, 0.3) is 0 Å². The summed E-state index contributed by atoms with van der Waals surface area (Å²) in [6.07, 6.45) is 0. The van der Waals surface area contributed by atoms with E-state index in [4.69, 9.17) is 10.5 Å². The Bertz CT molecular complexity index is 533. The smallest absolute Gasteiger partial charge is 0.242 e. The van der Waals surface area contributed by atoms with Gasteiger partial charge >= 0.3 is 0 Å². The van der Waals surface area contributed by atoms with E-state index in [1.807, 2.05) is 44.2 Å². The highest BCUT2D eigenvalue weighted by Crippen LogP contribution is 2.23. The third-order valence-corrected chi connectivity index (χ3v) is 4.07. The first kappa shape index (κ1) is 17.4. The number of benzene rings is 1. The number of nitrogens with two attached hydrogens (primary N) is 1. The summed E-state index contributed by atoms with van der Waals surface area (Å²) < 4.78 is 5.51. The fourth-order valence-corrected chi connectivity index (χ4v) is 2.54. The van der Waals surface area contributed by atoms with E-state index in [2.05, 4.69) is 5.32 Å². The van der Waals surface area contributed by atoms with Gasteiger partial charge in [0, 0.05) is 6.54 Å². The quantitative estimate of drug-likeness (QED) is 0.836. The molecule has 6 heteroatoms. The summed E-state index contributed by atoms with van der Waals surface area (Å²) in [5, 5.41) is 2.64. The number of carbonyl (C=O) groups excluding carboxylic acids is 2. The van der Waals surface area contributed by atoms with Crippen LogP contribution < -0.4 is 11.1 Å². The minimum Gasteiger partial charge on any atom is -0.377 e. The van der Waals surface area contributed by atoms with E-state index >= 15 is 0 Å². The molecule has 6 nitrogen and oxygen atoms in total. The molecule has 1 saturated heterocycles. The molecule has 0 spiro atoms. The van der Waals surface area contributed by atoms with Crippen LogP contribution in [0.2, 0.25) is 0 Å². The number of nitrogens with one attached hydrogen (secondary N) is 1. The second-order valence-corrected chi connectivity index (χ2v) is 6.08. The third-order valence-electron chi connectivity index (χ3n) is 4.07. The molecule has 23 heavy (non-hydrogen) atoms. The van der Waals surface area contributed by atoms with Crippen molar-refractivity contribution in [3.8, 4) is 0 Å². The van der Waals surface area contributed by atoms with Crippen LogP contribution in [0, 0.1) is 5.92 Å². The topological polar surface area (TPSA) is 84.7 Å². The van der Waals surface area contributed by atoms with E-state index in [0.717, 1.165) is 5.56 Å². The van der Waals surface area contributed by atoms with Crippen LogP contribution in [0.3, 0.4) is 0 Å². The Morgan fingerprint density at radius 2 is 2.04 bits per heavy atom. The van der Waals surface area contributed by atoms with Gasteiger partial charge in [-0.05, 0) is 11.5 Å². The number of rotatable bonds is 5. The maximum absolute atomic E-state index is 12.5. The molecule has 2 atom stereocenters. The molecule has 1 fully saturated rings. The highest BCUT2D eigenvalue weighted by atomic mass is 16.5. The van der Waals surface area contributed by atoms with Gasteiger partial charge in [0.15, 0.2) is 0 Å². The molecule has 1 aliphatic heterocycles. The normalized spacial score (nSPS) is 19.5. The van der Waals surface area contributed by atoms with Gasteiger partial charge < -0.3 is 20.7 Å². The van der Waals surface area contributed by atoms with Crippen molar-refractivity contribution in [2.24, 2.45) is 11.7 Å². The molecule has 2 rings (SSSR count). The van der Waals surface area contributed by atoms with Crippen molar-refractivity contribution in [1.82, 2.24) is 10.2 Å². The van der Waals surface area contributed by atoms with E-state index in [1.54, 1.807) is 4.90 Å². The van der Waals surface area contributed by atoms with Crippen LogP contribution in [0.4, 0.5) is 0 Å². The molecule has 0 saturated carbocycles. The molecular formula is C17H25N3O3. The zero-order valence-corrected chi connectivity index (χ0v) is 13.7. The lowest BCUT2D eigenvalue weighted by Gasteiger charge is -2.36. The molecule has 3 N–H and O–H groups in total. The molecule has 1 aromatic rings. The summed E-state index contributed by atoms with van der Waals surface area (Å²) in [4.78, 5) is 26.1. The van der Waals surface area contributed by atoms with Crippen LogP contribution in [0.5, 0.6) is 0 Å². The van der Waals surface area contributed by atoms with Crippen LogP contribution >= 0.6 is 0 Å². The van der Waals surface area contributed by atoms with E-state index in [-0.39, 0.29) is 30.3 Å². The molecule has 1 aliphatic rings. The number of carbonyl (C=O) groups is 2. The maximum atomic E-state index is 12.5. The molecule has 1 heterocycles. The standard InChI is InChI=1S/C17H25N3O3/c1-12(2)16(18)17(22)19-10-15(21)20-8-9-23-11-14(20)13-6-4-3-5-7-13/h3-7,12,14,16H,8-11,18H2,1-2H3,(H,19,22)/t14?,16-/m0/s1. The fourth-order valence-electron chi connectivity index (χ4n) is 2.54. The SMILES string of the molecule is CC(C)[C@H](N)C(=O)NCC(=O)N1CCOCC1c1ccccc1.